The molecule has 4 aliphatic rings. The Morgan fingerprint density at radius 3 is 0.837 bits per heavy atom. The molecule has 634 valence electrons. The highest BCUT2D eigenvalue weighted by molar-refractivity contribution is 8.13. The third kappa shape index (κ3) is 22.7. The van der Waals surface area contributed by atoms with Crippen molar-refractivity contribution >= 4 is 115 Å². The average Bonchev–Trinajstić information content (AvgIpc) is 1.67. The van der Waals surface area contributed by atoms with Crippen LogP contribution in [0.3, 0.4) is 0 Å². The Labute approximate surface area is 726 Å². The van der Waals surface area contributed by atoms with Crippen LogP contribution in [0.5, 0.6) is 46.0 Å². The van der Waals surface area contributed by atoms with Crippen molar-refractivity contribution in [3.63, 3.8) is 0 Å². The number of halogens is 16. The van der Waals surface area contributed by atoms with Gasteiger partial charge in [-0.25, -0.2) is 20.9 Å². The summed E-state index contributed by atoms with van der Waals surface area (Å²) < 4.78 is 181. The lowest BCUT2D eigenvalue weighted by Gasteiger charge is -2.28. The summed E-state index contributed by atoms with van der Waals surface area (Å²) >= 11 is 30.4. The van der Waals surface area contributed by atoms with Crippen LogP contribution in [0.1, 0.15) is 68.7 Å². The quantitative estimate of drug-likeness (QED) is 0.0352. The van der Waals surface area contributed by atoms with Gasteiger partial charge in [0.05, 0.1) is 66.1 Å². The molecule has 16 rings (SSSR count). The van der Waals surface area contributed by atoms with E-state index in [4.69, 9.17) is 77.6 Å². The SMILES string of the molecule is CSC1=NCC(c2cccc(C(F)(F)F)c2)N1c1ccc(Oc2ccc(Cl)cc2)cc1.FC(F)(F)c1cccc(C2CNC(=S)N2c2ccc(Oc3ccc(Cl)cc3)cc2)c1.ONC1=NCC(c2cccc(C(F)(F)F)c2)N1c1ccc(Oc2ccc(Cl)cc2)cc1.ONC1=NCC(c2cccc(C(F)(F)F)c2)N1c1ccc(Oc2ccc(Cl)cc2)cc1. The van der Waals surface area contributed by atoms with Crippen LogP contribution in [0, 0.1) is 0 Å². The first-order chi connectivity index (χ1) is 58.8. The van der Waals surface area contributed by atoms with Crippen LogP contribution in [0.25, 0.3) is 0 Å². The van der Waals surface area contributed by atoms with E-state index in [1.54, 1.807) is 192 Å². The molecule has 16 nitrogen and oxygen atoms in total. The first-order valence-electron chi connectivity index (χ1n) is 37.1. The van der Waals surface area contributed by atoms with Gasteiger partial charge in [0.1, 0.15) is 46.0 Å². The Morgan fingerprint density at radius 2 is 0.577 bits per heavy atom. The van der Waals surface area contributed by atoms with Crippen molar-refractivity contribution in [2.24, 2.45) is 15.0 Å². The molecule has 0 aromatic heterocycles. The number of alkyl halides is 12. The van der Waals surface area contributed by atoms with Gasteiger partial charge in [0.15, 0.2) is 10.3 Å². The number of rotatable bonds is 16. The molecule has 1 fully saturated rings. The van der Waals surface area contributed by atoms with Crippen molar-refractivity contribution < 1.29 is 82.0 Å². The number of aliphatic imine (C=N–C) groups is 3. The number of anilines is 4. The average molecular weight is 1810 g/mol. The molecule has 12 aromatic rings. The number of thioether (sulfide) groups is 1. The topological polar surface area (TPSA) is 164 Å². The molecule has 0 amide bonds. The lowest BCUT2D eigenvalue weighted by molar-refractivity contribution is -0.138. The van der Waals surface area contributed by atoms with Gasteiger partial charge in [-0.2, -0.15) is 52.7 Å². The summed E-state index contributed by atoms with van der Waals surface area (Å²) in [6, 6.07) is 75.6. The van der Waals surface area contributed by atoms with E-state index in [-0.39, 0.29) is 37.1 Å². The van der Waals surface area contributed by atoms with E-state index in [0.717, 1.165) is 52.9 Å². The minimum Gasteiger partial charge on any atom is -0.457 e. The molecule has 4 atom stereocenters. The summed E-state index contributed by atoms with van der Waals surface area (Å²) in [6.45, 7) is 1.18. The molecule has 4 aliphatic heterocycles. The third-order valence-electron chi connectivity index (χ3n) is 19.2. The minimum atomic E-state index is -4.45. The summed E-state index contributed by atoms with van der Waals surface area (Å²) in [7, 11) is 0. The fraction of sp³-hybridized carbons (Fsp3) is 0.146. The smallest absolute Gasteiger partial charge is 0.416 e. The third-order valence-corrected chi connectivity index (χ3v) is 21.3. The van der Waals surface area contributed by atoms with Crippen molar-refractivity contribution in [2.45, 2.75) is 48.9 Å². The molecule has 4 heterocycles. The fourth-order valence-corrected chi connectivity index (χ4v) is 14.9. The van der Waals surface area contributed by atoms with E-state index in [1.165, 1.54) is 48.2 Å². The maximum atomic E-state index is 13.2. The molecule has 0 saturated carbocycles. The van der Waals surface area contributed by atoms with Gasteiger partial charge in [0.2, 0.25) is 11.9 Å². The zero-order valence-corrected chi connectivity index (χ0v) is 68.5. The number of thiocarbonyl (C=S) groups is 1. The van der Waals surface area contributed by atoms with Gasteiger partial charge in [-0.05, 0) is 283 Å². The summed E-state index contributed by atoms with van der Waals surface area (Å²) in [4.78, 5) is 20.0. The maximum Gasteiger partial charge on any atom is 0.416 e. The van der Waals surface area contributed by atoms with Gasteiger partial charge in [0.25, 0.3) is 0 Å². The number of hydrogen-bond acceptors (Lipinski definition) is 16. The molecular formula is C89H68Cl4F12N10O6S2. The van der Waals surface area contributed by atoms with Gasteiger partial charge in [0, 0.05) is 49.4 Å². The second kappa shape index (κ2) is 39.1. The lowest BCUT2D eigenvalue weighted by Crippen LogP contribution is -2.38. The number of nitrogens with one attached hydrogen (secondary N) is 3. The second-order valence-corrected chi connectivity index (χ2v) is 30.2. The normalized spacial score (nSPS) is 16.3. The molecule has 0 aliphatic carbocycles. The number of amidine groups is 1. The minimum absolute atomic E-state index is 0.147. The van der Waals surface area contributed by atoms with E-state index in [2.05, 4.69) is 20.3 Å². The van der Waals surface area contributed by atoms with Crippen molar-refractivity contribution in [1.29, 1.82) is 0 Å². The molecule has 1 saturated heterocycles. The molecule has 123 heavy (non-hydrogen) atoms. The van der Waals surface area contributed by atoms with Gasteiger partial charge in [-0.3, -0.25) is 15.4 Å². The van der Waals surface area contributed by atoms with Crippen molar-refractivity contribution in [3.05, 3.63) is 356 Å². The van der Waals surface area contributed by atoms with E-state index < -0.39 is 59.0 Å². The highest BCUT2D eigenvalue weighted by Crippen LogP contribution is 2.44. The molecule has 0 bridgehead atoms. The Bertz CT molecular complexity index is 5300. The largest absolute Gasteiger partial charge is 0.457 e. The molecule has 34 heteroatoms. The summed E-state index contributed by atoms with van der Waals surface area (Å²) in [6.07, 6.45) is -15.8. The second-order valence-electron chi connectivity index (χ2n) is 27.3. The summed E-state index contributed by atoms with van der Waals surface area (Å²) in [5.41, 5.74) is 6.08. The number of ether oxygens (including phenoxy) is 4. The molecule has 5 N–H and O–H groups in total. The predicted molar refractivity (Wildman–Crippen MR) is 459 cm³/mol. The van der Waals surface area contributed by atoms with Crippen LogP contribution in [0.4, 0.5) is 75.4 Å². The Hall–Kier alpha value is -11.9. The fourth-order valence-electron chi connectivity index (χ4n) is 13.4. The van der Waals surface area contributed by atoms with Crippen molar-refractivity contribution in [1.82, 2.24) is 16.3 Å². The monoisotopic (exact) mass is 1800 g/mol. The molecular weight excluding hydrogens is 1740 g/mol. The molecule has 4 unspecified atom stereocenters. The Kier molecular flexibility index (Phi) is 28.3. The number of hydrogen-bond donors (Lipinski definition) is 5. The predicted octanol–water partition coefficient (Wildman–Crippen LogP) is 26.1. The van der Waals surface area contributed by atoms with E-state index in [9.17, 15) is 63.1 Å². The van der Waals surface area contributed by atoms with Gasteiger partial charge >= 0.3 is 24.7 Å². The molecule has 0 spiro atoms. The highest BCUT2D eigenvalue weighted by Gasteiger charge is 2.40. The van der Waals surface area contributed by atoms with Crippen LogP contribution in [0.15, 0.2) is 306 Å². The standard InChI is InChI=1S/C23H18ClF3N2OS.2C22H17ClF3N3O2.C22H16ClF3N2OS/c1-31-22-28-14-21(15-3-2-4-16(13-15)23(25,26)27)29(22)18-7-11-20(12-8-18)30-19-9-5-17(24)6-10-19;2*23-16-4-8-18(9-5-16)31-19-10-6-17(7-11-19)29-20(13-27-21(29)28-30)14-2-1-3-15(12-14)22(24,25)26;23-16-4-8-18(9-5-16)29-19-10-6-17(7-11-19)28-20(13-27-21(28)30)14-2-1-3-15(12-14)22(24,25)26/h2-13,21H,14H2,1H3;2*1-12,20,30H,13H2,(H,27,28);1-12,20H,13H2,(H,27,30). The van der Waals surface area contributed by atoms with Crippen molar-refractivity contribution in [2.75, 3.05) is 52.0 Å². The number of nitrogens with zero attached hydrogens (tertiary/aromatic N) is 7. The number of benzene rings is 12. The summed E-state index contributed by atoms with van der Waals surface area (Å²) in [5.74, 6) is 5.21. The maximum absolute atomic E-state index is 13.2. The Morgan fingerprint density at radius 1 is 0.341 bits per heavy atom. The Balaban J connectivity index is 0.000000141. The zero-order valence-electron chi connectivity index (χ0n) is 63.9. The van der Waals surface area contributed by atoms with Gasteiger partial charge in [-0.15, -0.1) is 0 Å². The van der Waals surface area contributed by atoms with E-state index in [1.807, 2.05) is 63.4 Å². The van der Waals surface area contributed by atoms with Crippen LogP contribution in [0.2, 0.25) is 20.1 Å². The van der Waals surface area contributed by atoms with Crippen molar-refractivity contribution in [3.8, 4) is 46.0 Å². The zero-order chi connectivity index (χ0) is 87.3. The van der Waals surface area contributed by atoms with Crippen LogP contribution >= 0.6 is 70.4 Å². The number of hydroxylamine groups is 2. The van der Waals surface area contributed by atoms with Crippen LogP contribution in [-0.2, 0) is 24.7 Å². The summed E-state index contributed by atoms with van der Waals surface area (Å²) in [5, 5.41) is 25.7. The van der Waals surface area contributed by atoms with E-state index >= 15 is 0 Å². The van der Waals surface area contributed by atoms with Crippen LogP contribution in [-0.4, -0.2) is 65.0 Å². The first kappa shape index (κ1) is 88.9. The van der Waals surface area contributed by atoms with Gasteiger partial charge in [-0.1, -0.05) is 107 Å². The van der Waals surface area contributed by atoms with Crippen LogP contribution < -0.4 is 54.8 Å². The molecule has 12 aromatic carbocycles. The van der Waals surface area contributed by atoms with Gasteiger partial charge < -0.3 is 43.9 Å². The lowest BCUT2D eigenvalue weighted by atomic mass is 10.0. The molecule has 0 radical (unpaired) electrons. The number of guanidine groups is 2. The highest BCUT2D eigenvalue weighted by atomic mass is 35.5. The first-order valence-corrected chi connectivity index (χ1v) is 40.3. The van der Waals surface area contributed by atoms with E-state index in [0.29, 0.717) is 118 Å².